The van der Waals surface area contributed by atoms with Crippen LogP contribution in [0.3, 0.4) is 0 Å². The Balaban J connectivity index is 2.10. The van der Waals surface area contributed by atoms with E-state index in [4.69, 9.17) is 4.74 Å². The molecule has 1 aliphatic carbocycles. The van der Waals surface area contributed by atoms with E-state index in [2.05, 4.69) is 4.72 Å². The van der Waals surface area contributed by atoms with Crippen molar-refractivity contribution in [3.05, 3.63) is 24.3 Å². The third-order valence-corrected chi connectivity index (χ3v) is 3.99. The monoisotopic (exact) mass is 269 g/mol. The molecule has 0 aliphatic heterocycles. The van der Waals surface area contributed by atoms with Crippen LogP contribution in [0, 0.1) is 5.92 Å². The summed E-state index contributed by atoms with van der Waals surface area (Å²) in [5.74, 6) is 0.0522. The number of hydrogen-bond donors (Lipinski definition) is 1. The van der Waals surface area contributed by atoms with E-state index in [1.807, 2.05) is 6.92 Å². The van der Waals surface area contributed by atoms with Gasteiger partial charge in [0.2, 0.25) is 5.91 Å². The fraction of sp³-hybridized carbons (Fsp3) is 0.417. The topological polar surface area (TPSA) is 72.5 Å². The van der Waals surface area contributed by atoms with Crippen LogP contribution in [0.15, 0.2) is 29.2 Å². The summed E-state index contributed by atoms with van der Waals surface area (Å²) in [7, 11) is -3.75. The molecule has 2 rings (SSSR count). The zero-order valence-electron chi connectivity index (χ0n) is 10.0. The smallest absolute Gasteiger partial charge is 0.264 e. The van der Waals surface area contributed by atoms with Crippen molar-refractivity contribution in [3.8, 4) is 5.75 Å². The molecule has 98 valence electrons. The lowest BCUT2D eigenvalue weighted by Gasteiger charge is -2.07. The lowest BCUT2D eigenvalue weighted by Crippen LogP contribution is -2.31. The molecule has 1 N–H and O–H groups in total. The van der Waals surface area contributed by atoms with Crippen LogP contribution in [-0.2, 0) is 14.8 Å². The Morgan fingerprint density at radius 3 is 2.44 bits per heavy atom. The SMILES string of the molecule is CCOc1ccc(S(=O)(=O)NC(=O)C2CC2)cc1. The molecule has 0 spiro atoms. The fourth-order valence-corrected chi connectivity index (χ4v) is 2.55. The van der Waals surface area contributed by atoms with E-state index in [-0.39, 0.29) is 10.8 Å². The molecule has 0 aromatic heterocycles. The van der Waals surface area contributed by atoms with Gasteiger partial charge in [0.25, 0.3) is 10.0 Å². The number of carbonyl (C=O) groups excluding carboxylic acids is 1. The standard InChI is InChI=1S/C12H15NO4S/c1-2-17-10-5-7-11(8-6-10)18(15,16)13-12(14)9-3-4-9/h5-9H,2-4H2,1H3,(H,13,14). The Labute approximate surface area is 106 Å². The molecular weight excluding hydrogens is 254 g/mol. The van der Waals surface area contributed by atoms with Crippen molar-refractivity contribution in [1.82, 2.24) is 4.72 Å². The first-order valence-corrected chi connectivity index (χ1v) is 7.31. The van der Waals surface area contributed by atoms with Gasteiger partial charge in [0, 0.05) is 5.92 Å². The van der Waals surface area contributed by atoms with E-state index in [0.29, 0.717) is 12.4 Å². The molecule has 1 aromatic carbocycles. The number of ether oxygens (including phenoxy) is 1. The first-order valence-electron chi connectivity index (χ1n) is 5.82. The number of nitrogens with one attached hydrogen (secondary N) is 1. The van der Waals surface area contributed by atoms with Crippen molar-refractivity contribution in [1.29, 1.82) is 0 Å². The van der Waals surface area contributed by atoms with Gasteiger partial charge in [-0.1, -0.05) is 0 Å². The minimum Gasteiger partial charge on any atom is -0.494 e. The van der Waals surface area contributed by atoms with Crippen LogP contribution in [0.1, 0.15) is 19.8 Å². The molecule has 1 amide bonds. The Morgan fingerprint density at radius 2 is 1.94 bits per heavy atom. The first kappa shape index (κ1) is 12.9. The van der Waals surface area contributed by atoms with Crippen LogP contribution in [0.5, 0.6) is 5.75 Å². The molecule has 6 heteroatoms. The van der Waals surface area contributed by atoms with Gasteiger partial charge in [-0.15, -0.1) is 0 Å². The lowest BCUT2D eigenvalue weighted by atomic mass is 10.3. The minimum absolute atomic E-state index is 0.0694. The maximum absolute atomic E-state index is 11.9. The molecule has 18 heavy (non-hydrogen) atoms. The lowest BCUT2D eigenvalue weighted by molar-refractivity contribution is -0.120. The summed E-state index contributed by atoms with van der Waals surface area (Å²) in [4.78, 5) is 11.5. The molecule has 1 saturated carbocycles. The second-order valence-corrected chi connectivity index (χ2v) is 5.83. The number of amides is 1. The second kappa shape index (κ2) is 4.97. The molecule has 0 heterocycles. The van der Waals surface area contributed by atoms with E-state index in [0.717, 1.165) is 12.8 Å². The van der Waals surface area contributed by atoms with Crippen LogP contribution in [-0.4, -0.2) is 20.9 Å². The maximum atomic E-state index is 11.9. The van der Waals surface area contributed by atoms with Gasteiger partial charge < -0.3 is 4.74 Å². The molecule has 1 fully saturated rings. The van der Waals surface area contributed by atoms with E-state index in [1.165, 1.54) is 12.1 Å². The summed E-state index contributed by atoms with van der Waals surface area (Å²) in [5, 5.41) is 0. The van der Waals surface area contributed by atoms with Crippen molar-refractivity contribution in [2.24, 2.45) is 5.92 Å². The molecule has 0 saturated heterocycles. The average molecular weight is 269 g/mol. The first-order chi connectivity index (χ1) is 8.53. The largest absolute Gasteiger partial charge is 0.494 e. The van der Waals surface area contributed by atoms with Crippen molar-refractivity contribution in [2.45, 2.75) is 24.7 Å². The second-order valence-electron chi connectivity index (χ2n) is 4.15. The van der Waals surface area contributed by atoms with E-state index in [9.17, 15) is 13.2 Å². The molecule has 0 bridgehead atoms. The van der Waals surface area contributed by atoms with Gasteiger partial charge in [-0.25, -0.2) is 13.1 Å². The van der Waals surface area contributed by atoms with Crippen molar-refractivity contribution < 1.29 is 17.9 Å². The number of carbonyl (C=O) groups is 1. The normalized spacial score (nSPS) is 15.2. The number of sulfonamides is 1. The van der Waals surface area contributed by atoms with Crippen molar-refractivity contribution >= 4 is 15.9 Å². The van der Waals surface area contributed by atoms with Gasteiger partial charge in [-0.2, -0.15) is 0 Å². The van der Waals surface area contributed by atoms with Gasteiger partial charge in [0.1, 0.15) is 5.75 Å². The summed E-state index contributed by atoms with van der Waals surface area (Å²) in [6, 6.07) is 5.99. The molecule has 0 radical (unpaired) electrons. The van der Waals surface area contributed by atoms with Gasteiger partial charge in [-0.05, 0) is 44.0 Å². The van der Waals surface area contributed by atoms with Crippen molar-refractivity contribution in [2.75, 3.05) is 6.61 Å². The highest BCUT2D eigenvalue weighted by molar-refractivity contribution is 7.90. The highest BCUT2D eigenvalue weighted by Crippen LogP contribution is 2.29. The predicted octanol–water partition coefficient (Wildman–Crippen LogP) is 1.30. The highest BCUT2D eigenvalue weighted by Gasteiger charge is 2.32. The Morgan fingerprint density at radius 1 is 1.33 bits per heavy atom. The summed E-state index contributed by atoms with van der Waals surface area (Å²) >= 11 is 0. The van der Waals surface area contributed by atoms with Gasteiger partial charge in [-0.3, -0.25) is 4.79 Å². The Kier molecular flexibility index (Phi) is 3.56. The van der Waals surface area contributed by atoms with Crippen LogP contribution in [0.4, 0.5) is 0 Å². The fourth-order valence-electron chi connectivity index (χ4n) is 1.50. The summed E-state index contributed by atoms with van der Waals surface area (Å²) in [6.07, 6.45) is 1.54. The quantitative estimate of drug-likeness (QED) is 0.874. The molecule has 1 aliphatic rings. The molecule has 0 atom stereocenters. The number of benzene rings is 1. The van der Waals surface area contributed by atoms with E-state index >= 15 is 0 Å². The summed E-state index contributed by atoms with van der Waals surface area (Å²) in [5.41, 5.74) is 0. The van der Waals surface area contributed by atoms with Crippen LogP contribution in [0.25, 0.3) is 0 Å². The van der Waals surface area contributed by atoms with Gasteiger partial charge in [0.05, 0.1) is 11.5 Å². The average Bonchev–Trinajstić information content (AvgIpc) is 3.13. The number of hydrogen-bond acceptors (Lipinski definition) is 4. The van der Waals surface area contributed by atoms with Gasteiger partial charge >= 0.3 is 0 Å². The summed E-state index contributed by atoms with van der Waals surface area (Å²) < 4.78 is 31.0. The summed E-state index contributed by atoms with van der Waals surface area (Å²) in [6.45, 7) is 2.37. The molecule has 5 nitrogen and oxygen atoms in total. The Hall–Kier alpha value is -1.56. The zero-order chi connectivity index (χ0) is 13.2. The van der Waals surface area contributed by atoms with Crippen LogP contribution >= 0.6 is 0 Å². The predicted molar refractivity (Wildman–Crippen MR) is 65.7 cm³/mol. The van der Waals surface area contributed by atoms with Gasteiger partial charge in [0.15, 0.2) is 0 Å². The molecular formula is C12H15NO4S. The molecule has 0 unspecified atom stereocenters. The molecule has 1 aromatic rings. The van der Waals surface area contributed by atoms with E-state index in [1.54, 1.807) is 12.1 Å². The number of rotatable bonds is 5. The zero-order valence-corrected chi connectivity index (χ0v) is 10.9. The van der Waals surface area contributed by atoms with Crippen LogP contribution in [0.2, 0.25) is 0 Å². The third kappa shape index (κ3) is 3.01. The Bertz CT molecular complexity index is 532. The van der Waals surface area contributed by atoms with Crippen molar-refractivity contribution in [3.63, 3.8) is 0 Å². The maximum Gasteiger partial charge on any atom is 0.264 e. The van der Waals surface area contributed by atoms with Crippen LogP contribution < -0.4 is 9.46 Å². The van der Waals surface area contributed by atoms with E-state index < -0.39 is 15.9 Å². The minimum atomic E-state index is -3.75. The third-order valence-electron chi connectivity index (χ3n) is 2.63. The highest BCUT2D eigenvalue weighted by atomic mass is 32.2.